The zero-order valence-corrected chi connectivity index (χ0v) is 17.9. The molecule has 10 nitrogen and oxygen atoms in total. The van der Waals surface area contributed by atoms with Gasteiger partial charge in [-0.2, -0.15) is 0 Å². The van der Waals surface area contributed by atoms with E-state index in [2.05, 4.69) is 31.5 Å². The molecular weight excluding hydrogens is 408 g/mol. The molecule has 11 heteroatoms. The molecule has 4 N–H and O–H groups in total. The molecule has 1 heterocycles. The third-order valence-electron chi connectivity index (χ3n) is 3.22. The zero-order chi connectivity index (χ0) is 22.1. The fraction of sp³-hybridized carbons (Fsp3) is 0.316. The summed E-state index contributed by atoms with van der Waals surface area (Å²) in [5.41, 5.74) is 5.92. The van der Waals surface area contributed by atoms with Crippen molar-refractivity contribution in [2.75, 3.05) is 5.32 Å². The molecule has 0 fully saturated rings. The van der Waals surface area contributed by atoms with Gasteiger partial charge in [0.1, 0.15) is 5.60 Å². The Labute approximate surface area is 178 Å². The van der Waals surface area contributed by atoms with Crippen molar-refractivity contribution in [1.29, 1.82) is 0 Å². The van der Waals surface area contributed by atoms with Crippen molar-refractivity contribution in [3.63, 3.8) is 0 Å². The number of ether oxygens (including phenoxy) is 1. The molecule has 0 aliphatic carbocycles. The van der Waals surface area contributed by atoms with Gasteiger partial charge in [0, 0.05) is 18.8 Å². The van der Waals surface area contributed by atoms with Crippen LogP contribution in [0.3, 0.4) is 0 Å². The van der Waals surface area contributed by atoms with Gasteiger partial charge in [-0.1, -0.05) is 12.1 Å². The smallest absolute Gasteiger partial charge is 0.426 e. The number of aliphatic imine (C=N–C) groups is 1. The number of urea groups is 1. The zero-order valence-electron chi connectivity index (χ0n) is 17.1. The number of rotatable bonds is 5. The van der Waals surface area contributed by atoms with Crippen LogP contribution in [0.15, 0.2) is 34.6 Å². The Morgan fingerprint density at radius 2 is 1.87 bits per heavy atom. The van der Waals surface area contributed by atoms with Gasteiger partial charge >= 0.3 is 12.1 Å². The number of hydrogen-bond donors (Lipinski definition) is 4. The summed E-state index contributed by atoms with van der Waals surface area (Å²) in [6.07, 6.45) is 0.856. The standard InChI is InChI=1S/C19H24N6O4S/c1-12(26)22-17-23-15(11-30-17)10-20-14-7-5-13(6-8-14)9-21-16(27)24-25-18(28)29-19(2,3)4/h5-8,10-11H,9H2,1-4H3,(H,25,28)(H2,21,24,27)(H,22,23,26)/b20-10+. The van der Waals surface area contributed by atoms with E-state index in [0.717, 1.165) is 5.56 Å². The lowest BCUT2D eigenvalue weighted by Gasteiger charge is -2.19. The predicted octanol–water partition coefficient (Wildman–Crippen LogP) is 3.09. The number of hydrogen-bond acceptors (Lipinski definition) is 7. The van der Waals surface area contributed by atoms with Crippen LogP contribution in [-0.4, -0.2) is 34.8 Å². The number of nitrogens with one attached hydrogen (secondary N) is 4. The number of aromatic nitrogens is 1. The molecule has 1 aromatic carbocycles. The Hall–Kier alpha value is -3.47. The first kappa shape index (κ1) is 22.8. The predicted molar refractivity (Wildman–Crippen MR) is 115 cm³/mol. The quantitative estimate of drug-likeness (QED) is 0.425. The summed E-state index contributed by atoms with van der Waals surface area (Å²) in [6, 6.07) is 6.66. The Balaban J connectivity index is 1.77. The molecule has 0 aliphatic rings. The minimum absolute atomic E-state index is 0.175. The maximum Gasteiger partial charge on any atom is 0.426 e. The summed E-state index contributed by atoms with van der Waals surface area (Å²) in [7, 11) is 0. The summed E-state index contributed by atoms with van der Waals surface area (Å²) >= 11 is 1.32. The van der Waals surface area contributed by atoms with E-state index >= 15 is 0 Å². The highest BCUT2D eigenvalue weighted by molar-refractivity contribution is 7.14. The highest BCUT2D eigenvalue weighted by atomic mass is 32.1. The molecular formula is C19H24N6O4S. The summed E-state index contributed by atoms with van der Waals surface area (Å²) in [6.45, 7) is 6.85. The first-order valence-corrected chi connectivity index (χ1v) is 9.87. The molecule has 0 bridgehead atoms. The first-order chi connectivity index (χ1) is 14.1. The SMILES string of the molecule is CC(=O)Nc1nc(/C=N/c2ccc(CNC(=O)NNC(=O)OC(C)(C)C)cc2)cs1. The maximum absolute atomic E-state index is 11.7. The number of carbonyl (C=O) groups is 3. The summed E-state index contributed by atoms with van der Waals surface area (Å²) < 4.78 is 5.01. The second-order valence-corrected chi connectivity index (χ2v) is 7.98. The molecule has 0 spiro atoms. The van der Waals surface area contributed by atoms with Crippen molar-refractivity contribution in [3.8, 4) is 0 Å². The van der Waals surface area contributed by atoms with Crippen LogP contribution in [0, 0.1) is 0 Å². The average Bonchev–Trinajstić information content (AvgIpc) is 3.09. The molecule has 0 radical (unpaired) electrons. The van der Waals surface area contributed by atoms with Crippen molar-refractivity contribution in [3.05, 3.63) is 40.9 Å². The number of nitrogens with zero attached hydrogens (tertiary/aromatic N) is 2. The fourth-order valence-electron chi connectivity index (χ4n) is 2.03. The molecule has 4 amide bonds. The molecule has 0 saturated heterocycles. The van der Waals surface area contributed by atoms with Crippen LogP contribution < -0.4 is 21.5 Å². The number of amides is 4. The van der Waals surface area contributed by atoms with E-state index in [1.807, 2.05) is 12.1 Å². The van der Waals surface area contributed by atoms with Crippen molar-refractivity contribution in [1.82, 2.24) is 21.2 Å². The molecule has 0 atom stereocenters. The summed E-state index contributed by atoms with van der Waals surface area (Å²) in [4.78, 5) is 42.8. The number of thiazole rings is 1. The molecule has 2 rings (SSSR count). The van der Waals surface area contributed by atoms with Gasteiger partial charge in [-0.3, -0.25) is 9.79 Å². The van der Waals surface area contributed by atoms with Crippen molar-refractivity contribution >= 4 is 46.4 Å². The van der Waals surface area contributed by atoms with E-state index in [-0.39, 0.29) is 12.5 Å². The largest absolute Gasteiger partial charge is 0.443 e. The van der Waals surface area contributed by atoms with Gasteiger partial charge in [0.15, 0.2) is 5.13 Å². The van der Waals surface area contributed by atoms with Crippen LogP contribution in [0.1, 0.15) is 39.0 Å². The monoisotopic (exact) mass is 432 g/mol. The van der Waals surface area contributed by atoms with Crippen LogP contribution in [0.5, 0.6) is 0 Å². The Morgan fingerprint density at radius 1 is 1.17 bits per heavy atom. The van der Waals surface area contributed by atoms with Crippen molar-refractivity contribution in [2.45, 2.75) is 39.8 Å². The minimum atomic E-state index is -0.746. The third-order valence-corrected chi connectivity index (χ3v) is 3.99. The Bertz CT molecular complexity index is 918. The lowest BCUT2D eigenvalue weighted by molar-refractivity contribution is -0.114. The van der Waals surface area contributed by atoms with Gasteiger partial charge in [-0.05, 0) is 38.5 Å². The molecule has 0 aliphatic heterocycles. The summed E-state index contributed by atoms with van der Waals surface area (Å²) in [5.74, 6) is -0.175. The van der Waals surface area contributed by atoms with Crippen LogP contribution in [-0.2, 0) is 16.1 Å². The first-order valence-electron chi connectivity index (χ1n) is 9.00. The van der Waals surface area contributed by atoms with Crippen LogP contribution >= 0.6 is 11.3 Å². The Morgan fingerprint density at radius 3 is 2.50 bits per heavy atom. The van der Waals surface area contributed by atoms with Gasteiger partial charge in [0.25, 0.3) is 0 Å². The number of benzene rings is 1. The van der Waals surface area contributed by atoms with Gasteiger partial charge in [-0.15, -0.1) is 11.3 Å². The lowest BCUT2D eigenvalue weighted by Crippen LogP contribution is -2.48. The second-order valence-electron chi connectivity index (χ2n) is 7.12. The molecule has 0 unspecified atom stereocenters. The van der Waals surface area contributed by atoms with E-state index in [9.17, 15) is 14.4 Å². The molecule has 2 aromatic rings. The lowest BCUT2D eigenvalue weighted by atomic mass is 10.2. The molecule has 1 aromatic heterocycles. The molecule has 30 heavy (non-hydrogen) atoms. The Kier molecular flexibility index (Phi) is 7.87. The van der Waals surface area contributed by atoms with Crippen LogP contribution in [0.25, 0.3) is 0 Å². The van der Waals surface area contributed by atoms with Crippen molar-refractivity contribution in [2.24, 2.45) is 4.99 Å². The summed E-state index contributed by atoms with van der Waals surface area (Å²) in [5, 5.41) is 7.53. The van der Waals surface area contributed by atoms with Gasteiger partial charge in [-0.25, -0.2) is 25.4 Å². The highest BCUT2D eigenvalue weighted by Gasteiger charge is 2.16. The van der Waals surface area contributed by atoms with Crippen molar-refractivity contribution < 1.29 is 19.1 Å². The number of hydrazine groups is 1. The minimum Gasteiger partial charge on any atom is -0.443 e. The van der Waals surface area contributed by atoms with Gasteiger partial charge < -0.3 is 15.4 Å². The van der Waals surface area contributed by atoms with E-state index in [4.69, 9.17) is 4.74 Å². The number of anilines is 1. The topological polar surface area (TPSA) is 134 Å². The van der Waals surface area contributed by atoms with Crippen LogP contribution in [0.2, 0.25) is 0 Å². The van der Waals surface area contributed by atoms with Gasteiger partial charge in [0.05, 0.1) is 17.6 Å². The van der Waals surface area contributed by atoms with Gasteiger partial charge in [0.2, 0.25) is 5.91 Å². The van der Waals surface area contributed by atoms with E-state index in [0.29, 0.717) is 16.5 Å². The number of carbonyl (C=O) groups excluding carboxylic acids is 3. The van der Waals surface area contributed by atoms with E-state index in [1.165, 1.54) is 18.3 Å². The fourth-order valence-corrected chi connectivity index (χ4v) is 2.74. The third kappa shape index (κ3) is 8.69. The second kappa shape index (κ2) is 10.3. The highest BCUT2D eigenvalue weighted by Crippen LogP contribution is 2.16. The van der Waals surface area contributed by atoms with E-state index in [1.54, 1.807) is 44.5 Å². The maximum atomic E-state index is 11.7. The van der Waals surface area contributed by atoms with Crippen LogP contribution in [0.4, 0.5) is 20.4 Å². The average molecular weight is 433 g/mol. The van der Waals surface area contributed by atoms with E-state index < -0.39 is 17.7 Å². The normalized spacial score (nSPS) is 11.1. The molecule has 0 saturated carbocycles. The molecule has 160 valence electrons.